The van der Waals surface area contributed by atoms with Crippen molar-refractivity contribution in [3.8, 4) is 0 Å². The fourth-order valence-electron chi connectivity index (χ4n) is 2.58. The van der Waals surface area contributed by atoms with Gasteiger partial charge in [0.25, 0.3) is 11.8 Å². The fourth-order valence-corrected chi connectivity index (χ4v) is 2.80. The van der Waals surface area contributed by atoms with Crippen molar-refractivity contribution in [2.45, 2.75) is 39.1 Å². The Kier molecular flexibility index (Phi) is 6.17. The second kappa shape index (κ2) is 8.17. The predicted molar refractivity (Wildman–Crippen MR) is 90.6 cm³/mol. The van der Waals surface area contributed by atoms with Crippen molar-refractivity contribution in [1.82, 2.24) is 0 Å². The number of hydrogen-bond acceptors (Lipinski definition) is 8. The van der Waals surface area contributed by atoms with E-state index >= 15 is 0 Å². The maximum atomic E-state index is 12.9. The van der Waals surface area contributed by atoms with Gasteiger partial charge in [-0.25, -0.2) is 4.90 Å². The standard InChI is InChI=1S/C17H16ClNO8/c1-8(20)25-13-14(26-9(2)21)16(23)19(12-7-5-4-6-11(12)18)17(24)15(13)27-10(3)22/h4-7,13-15H,1-3H3/t13?,14-,15+. The summed E-state index contributed by atoms with van der Waals surface area (Å²) in [5, 5.41) is 0.0632. The van der Waals surface area contributed by atoms with Gasteiger partial charge in [0.1, 0.15) is 0 Å². The minimum atomic E-state index is -1.70. The van der Waals surface area contributed by atoms with E-state index in [1.165, 1.54) is 18.2 Å². The molecule has 0 N–H and O–H groups in total. The van der Waals surface area contributed by atoms with Crippen LogP contribution in [-0.4, -0.2) is 48.0 Å². The molecule has 0 saturated carbocycles. The van der Waals surface area contributed by atoms with E-state index in [9.17, 15) is 24.0 Å². The monoisotopic (exact) mass is 397 g/mol. The van der Waals surface area contributed by atoms with E-state index in [4.69, 9.17) is 25.8 Å². The number of anilines is 1. The number of rotatable bonds is 4. The Labute approximate surface area is 159 Å². The predicted octanol–water partition coefficient (Wildman–Crippen LogP) is 1.01. The second-order valence-electron chi connectivity index (χ2n) is 5.60. The average Bonchev–Trinajstić information content (AvgIpc) is 2.55. The van der Waals surface area contributed by atoms with Crippen molar-refractivity contribution in [3.63, 3.8) is 0 Å². The number of benzene rings is 1. The highest BCUT2D eigenvalue weighted by Gasteiger charge is 2.55. The number of piperidine rings is 1. The molecule has 1 aliphatic rings. The van der Waals surface area contributed by atoms with Gasteiger partial charge in [-0.2, -0.15) is 0 Å². The largest absolute Gasteiger partial charge is 0.453 e. The number of hydrogen-bond donors (Lipinski definition) is 0. The summed E-state index contributed by atoms with van der Waals surface area (Å²) >= 11 is 6.07. The minimum absolute atomic E-state index is 0.00439. The van der Waals surface area contributed by atoms with Crippen LogP contribution >= 0.6 is 11.6 Å². The Morgan fingerprint density at radius 3 is 1.70 bits per heavy atom. The summed E-state index contributed by atoms with van der Waals surface area (Å²) in [4.78, 5) is 60.8. The molecule has 1 aliphatic heterocycles. The van der Waals surface area contributed by atoms with Crippen molar-refractivity contribution in [2.24, 2.45) is 0 Å². The summed E-state index contributed by atoms with van der Waals surface area (Å²) in [5.74, 6) is -4.56. The summed E-state index contributed by atoms with van der Waals surface area (Å²) in [7, 11) is 0. The molecule has 1 unspecified atom stereocenters. The van der Waals surface area contributed by atoms with Gasteiger partial charge in [0.15, 0.2) is 6.10 Å². The van der Waals surface area contributed by atoms with Crippen molar-refractivity contribution in [3.05, 3.63) is 29.3 Å². The Hall–Kier alpha value is -2.94. The van der Waals surface area contributed by atoms with E-state index in [0.717, 1.165) is 20.8 Å². The number of amides is 2. The number of esters is 3. The average molecular weight is 398 g/mol. The first kappa shape index (κ1) is 20.4. The molecule has 0 aromatic heterocycles. The molecular weight excluding hydrogens is 382 g/mol. The van der Waals surface area contributed by atoms with Crippen LogP contribution in [0.25, 0.3) is 0 Å². The van der Waals surface area contributed by atoms with Crippen LogP contribution < -0.4 is 4.90 Å². The molecule has 0 bridgehead atoms. The molecule has 1 fully saturated rings. The van der Waals surface area contributed by atoms with E-state index in [2.05, 4.69) is 0 Å². The smallest absolute Gasteiger partial charge is 0.303 e. The first-order valence-electron chi connectivity index (χ1n) is 7.77. The Bertz CT molecular complexity index is 772. The quantitative estimate of drug-likeness (QED) is 0.420. The van der Waals surface area contributed by atoms with Crippen LogP contribution in [0.15, 0.2) is 24.3 Å². The van der Waals surface area contributed by atoms with Gasteiger partial charge >= 0.3 is 17.9 Å². The first-order chi connectivity index (χ1) is 12.6. The number of ether oxygens (including phenoxy) is 3. The zero-order chi connectivity index (χ0) is 20.3. The first-order valence-corrected chi connectivity index (χ1v) is 8.15. The molecule has 9 nitrogen and oxygen atoms in total. The molecule has 1 aromatic rings. The number of imide groups is 1. The third-order valence-electron chi connectivity index (χ3n) is 3.51. The Morgan fingerprint density at radius 2 is 1.30 bits per heavy atom. The number of halogens is 1. The third kappa shape index (κ3) is 4.43. The normalized spacial score (nSPS) is 22.2. The second-order valence-corrected chi connectivity index (χ2v) is 6.00. The van der Waals surface area contributed by atoms with E-state index < -0.39 is 48.0 Å². The van der Waals surface area contributed by atoms with E-state index in [-0.39, 0.29) is 10.7 Å². The fraction of sp³-hybridized carbons (Fsp3) is 0.353. The van der Waals surface area contributed by atoms with Crippen LogP contribution in [0.2, 0.25) is 5.02 Å². The van der Waals surface area contributed by atoms with Crippen molar-refractivity contribution >= 4 is 47.0 Å². The van der Waals surface area contributed by atoms with Crippen molar-refractivity contribution in [2.75, 3.05) is 4.90 Å². The lowest BCUT2D eigenvalue weighted by molar-refractivity contribution is -0.191. The lowest BCUT2D eigenvalue weighted by atomic mass is 9.98. The Balaban J connectivity index is 2.58. The van der Waals surface area contributed by atoms with E-state index in [0.29, 0.717) is 4.90 Å². The SMILES string of the molecule is CC(=O)OC1[C@H](OC(C)=O)C(=O)N(c2ccccc2Cl)C(=O)[C@@H]1OC(C)=O. The molecule has 0 spiro atoms. The molecule has 0 radical (unpaired) electrons. The van der Waals surface area contributed by atoms with Gasteiger partial charge in [-0.05, 0) is 12.1 Å². The van der Waals surface area contributed by atoms with Crippen molar-refractivity contribution < 1.29 is 38.2 Å². The van der Waals surface area contributed by atoms with Crippen LogP contribution in [0.5, 0.6) is 0 Å². The molecule has 144 valence electrons. The number of carbonyl (C=O) groups excluding carboxylic acids is 5. The molecule has 2 rings (SSSR count). The zero-order valence-corrected chi connectivity index (χ0v) is 15.4. The summed E-state index contributed by atoms with van der Waals surface area (Å²) < 4.78 is 14.9. The summed E-state index contributed by atoms with van der Waals surface area (Å²) in [5.41, 5.74) is 0.00439. The summed E-state index contributed by atoms with van der Waals surface area (Å²) in [6, 6.07) is 5.94. The number of nitrogens with zero attached hydrogens (tertiary/aromatic N) is 1. The summed E-state index contributed by atoms with van der Waals surface area (Å²) in [6.07, 6.45) is -5.04. The van der Waals surface area contributed by atoms with Crippen molar-refractivity contribution in [1.29, 1.82) is 0 Å². The van der Waals surface area contributed by atoms with E-state index in [1.807, 2.05) is 0 Å². The van der Waals surface area contributed by atoms with Gasteiger partial charge < -0.3 is 14.2 Å². The lowest BCUT2D eigenvalue weighted by Crippen LogP contribution is -2.65. The van der Waals surface area contributed by atoms with Gasteiger partial charge in [0, 0.05) is 20.8 Å². The third-order valence-corrected chi connectivity index (χ3v) is 3.83. The molecule has 0 aliphatic carbocycles. The van der Waals surface area contributed by atoms with Gasteiger partial charge in [0.2, 0.25) is 12.2 Å². The highest BCUT2D eigenvalue weighted by molar-refractivity contribution is 6.35. The molecule has 1 heterocycles. The van der Waals surface area contributed by atoms with Crippen LogP contribution in [0, 0.1) is 0 Å². The lowest BCUT2D eigenvalue weighted by Gasteiger charge is -2.39. The molecule has 1 aromatic carbocycles. The molecular formula is C17H16ClNO8. The van der Waals surface area contributed by atoms with Gasteiger partial charge in [0.05, 0.1) is 10.7 Å². The molecule has 10 heteroatoms. The zero-order valence-electron chi connectivity index (χ0n) is 14.6. The molecule has 3 atom stereocenters. The Morgan fingerprint density at radius 1 is 0.852 bits per heavy atom. The number of carbonyl (C=O) groups is 5. The number of para-hydroxylation sites is 1. The van der Waals surface area contributed by atoms with Crippen LogP contribution in [0.4, 0.5) is 5.69 Å². The molecule has 27 heavy (non-hydrogen) atoms. The van der Waals surface area contributed by atoms with Gasteiger partial charge in [-0.1, -0.05) is 23.7 Å². The van der Waals surface area contributed by atoms with Crippen LogP contribution in [0.1, 0.15) is 20.8 Å². The minimum Gasteiger partial charge on any atom is -0.453 e. The highest BCUT2D eigenvalue weighted by atomic mass is 35.5. The molecule has 1 saturated heterocycles. The van der Waals surface area contributed by atoms with Gasteiger partial charge in [-0.3, -0.25) is 24.0 Å². The van der Waals surface area contributed by atoms with Crippen LogP contribution in [0.3, 0.4) is 0 Å². The maximum absolute atomic E-state index is 12.9. The topological polar surface area (TPSA) is 116 Å². The van der Waals surface area contributed by atoms with Crippen LogP contribution in [-0.2, 0) is 38.2 Å². The maximum Gasteiger partial charge on any atom is 0.303 e. The highest BCUT2D eigenvalue weighted by Crippen LogP contribution is 2.32. The van der Waals surface area contributed by atoms with E-state index in [1.54, 1.807) is 6.07 Å². The molecule has 2 amide bonds. The van der Waals surface area contributed by atoms with Gasteiger partial charge in [-0.15, -0.1) is 0 Å². The summed E-state index contributed by atoms with van der Waals surface area (Å²) in [6.45, 7) is 3.11.